The minimum atomic E-state index is -1.12. The largest absolute Gasteiger partial charge is 0.468 e. The summed E-state index contributed by atoms with van der Waals surface area (Å²) in [6.07, 6.45) is 4.48. The molecule has 0 spiro atoms. The van der Waals surface area contributed by atoms with Crippen LogP contribution in [0.3, 0.4) is 0 Å². The van der Waals surface area contributed by atoms with E-state index in [-0.39, 0.29) is 54.7 Å². The van der Waals surface area contributed by atoms with Crippen molar-refractivity contribution in [2.45, 2.75) is 78.6 Å². The second-order valence-corrected chi connectivity index (χ2v) is 11.7. The van der Waals surface area contributed by atoms with Crippen LogP contribution < -0.4 is 5.32 Å². The van der Waals surface area contributed by atoms with Gasteiger partial charge >= 0.3 is 5.97 Å². The second-order valence-electron chi connectivity index (χ2n) is 11.7. The Labute approximate surface area is 221 Å². The third kappa shape index (κ3) is 5.77. The first kappa shape index (κ1) is 27.4. The fraction of sp³-hybridized carbons (Fsp3) is 0.633. The van der Waals surface area contributed by atoms with Gasteiger partial charge in [0.05, 0.1) is 25.9 Å². The summed E-state index contributed by atoms with van der Waals surface area (Å²) in [7, 11) is 1.40. The predicted molar refractivity (Wildman–Crippen MR) is 141 cm³/mol. The van der Waals surface area contributed by atoms with Crippen molar-refractivity contribution in [3.8, 4) is 0 Å². The van der Waals surface area contributed by atoms with Gasteiger partial charge in [-0.3, -0.25) is 14.4 Å². The molecule has 1 N–H and O–H groups in total. The lowest BCUT2D eigenvalue weighted by Crippen LogP contribution is -2.61. The summed E-state index contributed by atoms with van der Waals surface area (Å²) < 4.78 is 12.1. The third-order valence-electron chi connectivity index (χ3n) is 7.96. The third-order valence-corrected chi connectivity index (χ3v) is 7.96. The van der Waals surface area contributed by atoms with E-state index in [1.165, 1.54) is 7.11 Å². The van der Waals surface area contributed by atoms with E-state index in [0.717, 1.165) is 24.8 Å². The Kier molecular flexibility index (Phi) is 8.42. The molecule has 7 heteroatoms. The van der Waals surface area contributed by atoms with E-state index >= 15 is 0 Å². The molecule has 1 aliphatic carbocycles. The minimum Gasteiger partial charge on any atom is -0.468 e. The number of benzene rings is 1. The first-order valence-corrected chi connectivity index (χ1v) is 13.8. The average molecular weight is 511 g/mol. The van der Waals surface area contributed by atoms with Crippen LogP contribution in [0.4, 0.5) is 0 Å². The summed E-state index contributed by atoms with van der Waals surface area (Å²) in [6.45, 7) is 9.30. The van der Waals surface area contributed by atoms with Crippen molar-refractivity contribution in [3.63, 3.8) is 0 Å². The van der Waals surface area contributed by atoms with Crippen molar-refractivity contribution < 1.29 is 23.9 Å². The van der Waals surface area contributed by atoms with Crippen molar-refractivity contribution in [2.75, 3.05) is 13.7 Å². The number of esters is 1. The van der Waals surface area contributed by atoms with Gasteiger partial charge in [0.2, 0.25) is 11.8 Å². The summed E-state index contributed by atoms with van der Waals surface area (Å²) >= 11 is 0. The van der Waals surface area contributed by atoms with E-state index in [9.17, 15) is 14.4 Å². The van der Waals surface area contributed by atoms with Gasteiger partial charge in [-0.1, -0.05) is 58.0 Å². The number of ether oxygens (including phenoxy) is 2. The van der Waals surface area contributed by atoms with Crippen LogP contribution in [0.5, 0.6) is 0 Å². The molecule has 7 nitrogen and oxygen atoms in total. The predicted octanol–water partition coefficient (Wildman–Crippen LogP) is 4.46. The average Bonchev–Trinajstić information content (AvgIpc) is 3.71. The molecule has 0 bridgehead atoms. The number of fused-ring (bicyclic) bond motifs is 1. The van der Waals surface area contributed by atoms with E-state index in [4.69, 9.17) is 9.47 Å². The molecular weight excluding hydrogens is 468 g/mol. The summed E-state index contributed by atoms with van der Waals surface area (Å²) in [6, 6.07) is 9.79. The van der Waals surface area contributed by atoms with Crippen LogP contribution in [0, 0.1) is 29.1 Å². The number of rotatable bonds is 10. The molecule has 1 aromatic rings. The lowest BCUT2D eigenvalue weighted by molar-refractivity contribution is -0.182. The van der Waals surface area contributed by atoms with Gasteiger partial charge < -0.3 is 19.7 Å². The topological polar surface area (TPSA) is 84.9 Å². The number of likely N-dealkylation sites (tertiary alicyclic amines) is 1. The number of hydrogen-bond acceptors (Lipinski definition) is 5. The summed E-state index contributed by atoms with van der Waals surface area (Å²) in [5, 5.41) is 2.97. The van der Waals surface area contributed by atoms with Gasteiger partial charge in [0.25, 0.3) is 0 Å². The van der Waals surface area contributed by atoms with E-state index in [1.807, 2.05) is 36.4 Å². The van der Waals surface area contributed by atoms with Crippen molar-refractivity contribution in [1.29, 1.82) is 0 Å². The zero-order valence-electron chi connectivity index (χ0n) is 22.9. The smallest absolute Gasteiger partial charge is 0.320 e. The Morgan fingerprint density at radius 3 is 2.46 bits per heavy atom. The van der Waals surface area contributed by atoms with E-state index in [1.54, 1.807) is 4.90 Å². The second kappa shape index (κ2) is 11.4. The maximum atomic E-state index is 14.0. The first-order valence-electron chi connectivity index (χ1n) is 13.8. The van der Waals surface area contributed by atoms with Crippen LogP contribution in [0.15, 0.2) is 42.1 Å². The van der Waals surface area contributed by atoms with Crippen molar-refractivity contribution in [1.82, 2.24) is 10.2 Å². The molecule has 2 fully saturated rings. The summed E-state index contributed by atoms with van der Waals surface area (Å²) in [5.41, 5.74) is 0.534. The van der Waals surface area contributed by atoms with Gasteiger partial charge in [0.1, 0.15) is 5.41 Å². The van der Waals surface area contributed by atoms with Crippen LogP contribution >= 0.6 is 0 Å². The number of methoxy groups -OCH3 is 1. The fourth-order valence-corrected chi connectivity index (χ4v) is 5.77. The number of hydrogen-bond donors (Lipinski definition) is 1. The van der Waals surface area contributed by atoms with Crippen LogP contribution in [0.25, 0.3) is 0 Å². The molecule has 0 aromatic heterocycles. The molecular formula is C30H42N2O5. The Morgan fingerprint density at radius 2 is 1.86 bits per heavy atom. The normalized spacial score (nSPS) is 27.6. The van der Waals surface area contributed by atoms with Crippen molar-refractivity contribution in [3.05, 3.63) is 47.7 Å². The Bertz CT molecular complexity index is 1020. The monoisotopic (exact) mass is 510 g/mol. The van der Waals surface area contributed by atoms with E-state index in [2.05, 4.69) is 33.0 Å². The number of amides is 2. The minimum absolute atomic E-state index is 0.0409. The number of nitrogens with zero attached hydrogens (tertiary/aromatic N) is 1. The lowest BCUT2D eigenvalue weighted by Gasteiger charge is -2.53. The highest BCUT2D eigenvalue weighted by atomic mass is 16.5. The first-order chi connectivity index (χ1) is 17.7. The van der Waals surface area contributed by atoms with Gasteiger partial charge in [-0.25, -0.2) is 0 Å². The van der Waals surface area contributed by atoms with E-state index in [0.29, 0.717) is 24.7 Å². The maximum absolute atomic E-state index is 14.0. The molecule has 2 heterocycles. The molecule has 1 saturated heterocycles. The standard InChI is InChI=1S/C30H42N2O5/c1-19(2)13-14-31-26(33)15-23-17-30(29(35)36-5)25(16-24(20(3)4)37-27(30)22-11-12-22)32(28(23)34)18-21-9-7-6-8-10-21/h6-10,16,19-20,22-24,27H,11-15,17-18H2,1-5H3,(H,31,33)/t23-,24+,27+,30+/m0/s1. The quantitative estimate of drug-likeness (QED) is 0.470. The molecule has 1 aromatic carbocycles. The van der Waals surface area contributed by atoms with Gasteiger partial charge in [-0.05, 0) is 55.1 Å². The molecule has 202 valence electrons. The van der Waals surface area contributed by atoms with Gasteiger partial charge in [0.15, 0.2) is 0 Å². The molecule has 4 atom stereocenters. The summed E-state index contributed by atoms with van der Waals surface area (Å²) in [4.78, 5) is 42.5. The molecule has 37 heavy (non-hydrogen) atoms. The molecule has 4 rings (SSSR count). The summed E-state index contributed by atoms with van der Waals surface area (Å²) in [5.74, 6) is -0.411. The van der Waals surface area contributed by atoms with Gasteiger partial charge in [0, 0.05) is 24.6 Å². The SMILES string of the molecule is COC(=O)[C@]12C[C@H](CC(=O)NCCC(C)C)C(=O)N(Cc3ccccc3)C1=C[C@H](C(C)C)O[C@@H]2C1CC1. The highest BCUT2D eigenvalue weighted by Crippen LogP contribution is 2.56. The zero-order valence-corrected chi connectivity index (χ0v) is 22.9. The molecule has 2 aliphatic heterocycles. The maximum Gasteiger partial charge on any atom is 0.320 e. The molecule has 0 radical (unpaired) electrons. The molecule has 0 unspecified atom stereocenters. The highest BCUT2D eigenvalue weighted by Gasteiger charge is 2.63. The number of piperidine rings is 1. The Balaban J connectivity index is 1.75. The Morgan fingerprint density at radius 1 is 1.16 bits per heavy atom. The number of carbonyl (C=O) groups excluding carboxylic acids is 3. The van der Waals surface area contributed by atoms with Crippen LogP contribution in [0.2, 0.25) is 0 Å². The van der Waals surface area contributed by atoms with Gasteiger partial charge in [-0.15, -0.1) is 0 Å². The van der Waals surface area contributed by atoms with E-state index < -0.39 is 11.3 Å². The Hall–Kier alpha value is -2.67. The van der Waals surface area contributed by atoms with Crippen molar-refractivity contribution in [2.24, 2.45) is 29.1 Å². The highest BCUT2D eigenvalue weighted by molar-refractivity contribution is 5.92. The number of nitrogens with one attached hydrogen (secondary N) is 1. The van der Waals surface area contributed by atoms with Crippen LogP contribution in [-0.4, -0.2) is 48.5 Å². The lowest BCUT2D eigenvalue weighted by atomic mass is 9.64. The zero-order chi connectivity index (χ0) is 26.7. The molecule has 2 amide bonds. The van der Waals surface area contributed by atoms with Crippen molar-refractivity contribution >= 4 is 17.8 Å². The van der Waals surface area contributed by atoms with Gasteiger partial charge in [-0.2, -0.15) is 0 Å². The van der Waals surface area contributed by atoms with Crippen LogP contribution in [0.1, 0.15) is 65.4 Å². The molecule has 3 aliphatic rings. The fourth-order valence-electron chi connectivity index (χ4n) is 5.77. The van der Waals surface area contributed by atoms with Crippen LogP contribution in [-0.2, 0) is 30.4 Å². The molecule has 1 saturated carbocycles. The number of carbonyl (C=O) groups is 3.